The maximum absolute atomic E-state index is 12.3. The summed E-state index contributed by atoms with van der Waals surface area (Å²) in [7, 11) is 4.48. The number of benzene rings is 6. The molecule has 0 spiro atoms. The predicted octanol–water partition coefficient (Wildman–Crippen LogP) is 9.98. The van der Waals surface area contributed by atoms with Crippen LogP contribution in [0.3, 0.4) is 0 Å². The van der Waals surface area contributed by atoms with Crippen LogP contribution in [0.1, 0.15) is 180 Å². The van der Waals surface area contributed by atoms with Gasteiger partial charge in [0.2, 0.25) is 0 Å². The number of esters is 2. The number of carboxylic acids is 1. The van der Waals surface area contributed by atoms with Crippen molar-refractivity contribution in [3.8, 4) is 11.3 Å². The van der Waals surface area contributed by atoms with Crippen molar-refractivity contribution in [2.45, 2.75) is 131 Å². The third-order valence-electron chi connectivity index (χ3n) is 20.3. The van der Waals surface area contributed by atoms with Crippen LogP contribution < -0.4 is 45.9 Å². The number of carbonyl (C=O) groups is 9. The topological polar surface area (TPSA) is 329 Å². The Labute approximate surface area is 699 Å². The molecule has 0 atom stereocenters. The van der Waals surface area contributed by atoms with Crippen LogP contribution in [0.25, 0.3) is 54.9 Å². The molecule has 0 saturated carbocycles. The van der Waals surface area contributed by atoms with Crippen LogP contribution in [0.5, 0.6) is 0 Å². The van der Waals surface area contributed by atoms with E-state index in [0.717, 1.165) is 90.9 Å². The van der Waals surface area contributed by atoms with Crippen LogP contribution >= 0.6 is 43.5 Å². The molecule has 0 radical (unpaired) electrons. The molecule has 580 valence electrons. The van der Waals surface area contributed by atoms with E-state index in [2.05, 4.69) is 57.3 Å². The van der Waals surface area contributed by atoms with Crippen molar-refractivity contribution in [1.29, 1.82) is 0 Å². The second kappa shape index (κ2) is 35.1. The van der Waals surface area contributed by atoms with Crippen molar-refractivity contribution >= 4 is 167 Å². The van der Waals surface area contributed by atoms with Crippen molar-refractivity contribution in [3.05, 3.63) is 217 Å². The molecule has 0 unspecified atom stereocenters. The molecule has 6 aromatic carbocycles. The number of pyridine rings is 4. The van der Waals surface area contributed by atoms with Crippen molar-refractivity contribution in [2.24, 2.45) is 5.73 Å². The van der Waals surface area contributed by atoms with Gasteiger partial charge in [-0.3, -0.25) is 53.4 Å². The molecule has 7 aliphatic rings. The monoisotopic (exact) mass is 1690 g/mol. The normalized spacial score (nSPS) is 17.5. The molecule has 32 heteroatoms. The zero-order valence-electron chi connectivity index (χ0n) is 65.0. The van der Waals surface area contributed by atoms with Crippen LogP contribution in [-0.4, -0.2) is 171 Å². The molecule has 7 aliphatic heterocycles. The third kappa shape index (κ3) is 18.6. The fourth-order valence-electron chi connectivity index (χ4n) is 12.0. The zero-order valence-corrected chi connectivity index (χ0v) is 71.0. The van der Waals surface area contributed by atoms with Gasteiger partial charge in [-0.1, -0.05) is 105 Å². The van der Waals surface area contributed by atoms with Crippen molar-refractivity contribution < 1.29 is 110 Å². The number of nitrogens with two attached hydrogens (primary N) is 1. The Morgan fingerprint density at radius 3 is 1.19 bits per heavy atom. The number of hydrogen-bond acceptors (Lipinski definition) is 22. The molecule has 3 fully saturated rings. The van der Waals surface area contributed by atoms with E-state index < -0.39 is 50.2 Å². The number of imide groups is 3. The molecular formula is C81H83B3Br2ClN8NaO17. The Hall–Kier alpha value is -8.85. The number of fused-ring (bicyclic) bond motifs is 10. The average Bonchev–Trinajstić information content (AvgIpc) is 1.58. The van der Waals surface area contributed by atoms with Gasteiger partial charge < -0.3 is 48.3 Å². The molecule has 113 heavy (non-hydrogen) atoms. The fraction of sp³-hybridized carbons (Fsp3) is 0.296. The number of cyclic esters (lactones) is 2. The number of amides is 6. The van der Waals surface area contributed by atoms with Crippen LogP contribution in [0.15, 0.2) is 167 Å². The summed E-state index contributed by atoms with van der Waals surface area (Å²) in [6.45, 7) is 25.1. The first-order chi connectivity index (χ1) is 52.0. The smallest absolute Gasteiger partial charge is 0.550 e. The molecule has 3 saturated heterocycles. The van der Waals surface area contributed by atoms with Gasteiger partial charge in [-0.15, -0.1) is 0 Å². The number of aromatic nitrogens is 4. The van der Waals surface area contributed by atoms with Gasteiger partial charge in [0.1, 0.15) is 5.15 Å². The Kier molecular flexibility index (Phi) is 27.9. The van der Waals surface area contributed by atoms with E-state index >= 15 is 0 Å². The molecule has 6 amide bonds. The maximum Gasteiger partial charge on any atom is 1.00 e. The number of rotatable bonds is 3. The van der Waals surface area contributed by atoms with Gasteiger partial charge in [0, 0.05) is 75.6 Å². The van der Waals surface area contributed by atoms with Gasteiger partial charge in [-0.25, -0.2) is 19.6 Å². The van der Waals surface area contributed by atoms with Gasteiger partial charge in [0.05, 0.1) is 106 Å². The minimum atomic E-state index is -1.08. The predicted molar refractivity (Wildman–Crippen MR) is 434 cm³/mol. The maximum atomic E-state index is 12.3. The van der Waals surface area contributed by atoms with Gasteiger partial charge in [0.15, 0.2) is 0 Å². The van der Waals surface area contributed by atoms with Gasteiger partial charge in [0.25, 0.3) is 35.4 Å². The van der Waals surface area contributed by atoms with Crippen molar-refractivity contribution in [2.75, 3.05) is 28.2 Å². The number of ether oxygens (including phenoxy) is 1. The van der Waals surface area contributed by atoms with E-state index in [4.69, 9.17) is 54.4 Å². The Balaban J connectivity index is 0.000000170. The summed E-state index contributed by atoms with van der Waals surface area (Å²) < 4.78 is 41.7. The molecular weight excluding hydrogens is 1610 g/mol. The Morgan fingerprint density at radius 1 is 0.425 bits per heavy atom. The summed E-state index contributed by atoms with van der Waals surface area (Å²) in [5.74, 6) is -3.78. The zero-order chi connectivity index (χ0) is 81.5. The first kappa shape index (κ1) is 89.7. The molecule has 10 aromatic rings. The minimum absolute atomic E-state index is 0. The standard InChI is InChI=1S/C21H13N3O2.C15H18BNO4.C12H24B2O4.C12H7ClN2.C9H6BrNO2.C8H3BrO3.C2H4O2.CH5N.CH4.Na/c1-24-20(25)15-8-6-14(11-16(15)21(24)26)17-9-7-13-5-4-12-3-2-10-22-18(12)19(13)23-17;1-14(2)15(3,4)21-16(20-14)9-6-7-10-11(8-9)13(19)17(5)12(10)18;1-9(2)10(3,4)16-13(15-9)14-17-11(5,6)12(7,8)18-14;13-10-6-5-9-4-3-8-2-1-7-14-11(8)12(9)15-10;1-11-8(12)6-3-2-5(10)4-7(6)9(11)13;9-4-1-2-5-6(3-4)8(11)12-7(5)10;1-2(3)4;1-2;;/h2-11H,1H3;6-8H,1-5H3;1-8H3;1-7H;2-4H,1H3;1-3H;1H3,(H,3,4);2H2,1H3;1H4;/q;;;;;;;;;+1/p-1. The van der Waals surface area contributed by atoms with E-state index in [1.807, 2.05) is 156 Å². The first-order valence-electron chi connectivity index (χ1n) is 34.9. The molecule has 2 N–H and O–H groups in total. The molecule has 11 heterocycles. The number of nitrogens with zero attached hydrogens (tertiary/aromatic N) is 7. The van der Waals surface area contributed by atoms with Crippen molar-refractivity contribution in [1.82, 2.24) is 34.6 Å². The molecule has 4 aromatic heterocycles. The summed E-state index contributed by atoms with van der Waals surface area (Å²) in [5, 5.41) is 13.6. The largest absolute Gasteiger partial charge is 1.00 e. The van der Waals surface area contributed by atoms with Gasteiger partial charge >= 0.3 is 62.6 Å². The van der Waals surface area contributed by atoms with Crippen LogP contribution in [0.4, 0.5) is 0 Å². The van der Waals surface area contributed by atoms with Gasteiger partial charge in [-0.05, 0) is 194 Å². The second-order valence-electron chi connectivity index (χ2n) is 29.2. The van der Waals surface area contributed by atoms with E-state index in [0.29, 0.717) is 49.7 Å². The van der Waals surface area contributed by atoms with Gasteiger partial charge in [-0.2, -0.15) is 0 Å². The molecule has 0 aliphatic carbocycles. The molecule has 17 rings (SSSR count). The fourth-order valence-corrected chi connectivity index (χ4v) is 12.9. The third-order valence-corrected chi connectivity index (χ3v) is 21.5. The number of carbonyl (C=O) groups excluding carboxylic acids is 9. The first-order valence-corrected chi connectivity index (χ1v) is 36.9. The number of halogens is 3. The minimum Gasteiger partial charge on any atom is -0.550 e. The van der Waals surface area contributed by atoms with E-state index in [9.17, 15) is 38.4 Å². The van der Waals surface area contributed by atoms with Crippen molar-refractivity contribution in [3.63, 3.8) is 0 Å². The number of aliphatic carboxylic acids is 1. The quantitative estimate of drug-likeness (QED) is 0.0429. The summed E-state index contributed by atoms with van der Waals surface area (Å²) in [6.07, 6.45) is 3.52. The van der Waals surface area contributed by atoms with E-state index in [1.54, 1.807) is 85.2 Å². The van der Waals surface area contributed by atoms with Crippen LogP contribution in [0, 0.1) is 0 Å². The SMILES string of the molecule is C.CC(=O)[O-].CC1(C)OB(B2OC(C)(C)C(C)(C)O2)OC1(C)C.CN.CN1C(=O)c2ccc(-c3ccc4ccc5cccnc5c4n3)cc2C1=O.CN1C(=O)c2ccc(B3OC(C)(C)C(C)(C)O3)cc2C1=O.CN1C(=O)c2ccc(Br)cc2C1=O.Clc1ccc2ccc3cccnc3c2n1.O=C1OC(=O)c2cc(Br)ccc21.[Na+]. The van der Waals surface area contributed by atoms with Crippen LogP contribution in [-0.2, 0) is 37.5 Å². The summed E-state index contributed by atoms with van der Waals surface area (Å²) >= 11 is 12.3. The molecule has 0 bridgehead atoms. The van der Waals surface area contributed by atoms with E-state index in [-0.39, 0.29) is 94.8 Å². The summed E-state index contributed by atoms with van der Waals surface area (Å²) in [5.41, 5.74) is 11.2. The second-order valence-corrected chi connectivity index (χ2v) is 31.4. The molecule has 25 nitrogen and oxygen atoms in total. The Morgan fingerprint density at radius 2 is 0.752 bits per heavy atom. The summed E-state index contributed by atoms with van der Waals surface area (Å²) in [6, 6.07) is 43.9. The average molecular weight is 1690 g/mol. The van der Waals surface area contributed by atoms with E-state index in [1.165, 1.54) is 28.2 Å². The number of carboxylic acid groups (broad SMARTS) is 1. The van der Waals surface area contributed by atoms with Crippen LogP contribution in [0.2, 0.25) is 5.15 Å². The summed E-state index contributed by atoms with van der Waals surface area (Å²) in [4.78, 5) is 123. The Bertz CT molecular complexity index is 5380. The number of hydrogen-bond donors (Lipinski definition) is 1.